The molecule has 2 aromatic rings. The summed E-state index contributed by atoms with van der Waals surface area (Å²) in [5.41, 5.74) is 3.87. The molecule has 2 aliphatic heterocycles. The van der Waals surface area contributed by atoms with E-state index in [1.807, 2.05) is 24.3 Å². The highest BCUT2D eigenvalue weighted by Crippen LogP contribution is 2.30. The van der Waals surface area contributed by atoms with E-state index in [-0.39, 0.29) is 12.1 Å². The van der Waals surface area contributed by atoms with Crippen LogP contribution in [0.25, 0.3) is 6.08 Å². The molecular formula is C26H28ClN3O5. The van der Waals surface area contributed by atoms with Crippen LogP contribution < -0.4 is 19.7 Å². The van der Waals surface area contributed by atoms with Gasteiger partial charge in [-0.3, -0.25) is 19.8 Å². The normalized spacial score (nSPS) is 16.5. The Kier molecular flexibility index (Phi) is 7.60. The Balaban J connectivity index is 1.50. The number of carbonyl (C=O) groups is 3. The first kappa shape index (κ1) is 24.6. The molecule has 1 fully saturated rings. The van der Waals surface area contributed by atoms with Gasteiger partial charge in [0.25, 0.3) is 11.8 Å². The molecule has 35 heavy (non-hydrogen) atoms. The summed E-state index contributed by atoms with van der Waals surface area (Å²) in [6.45, 7) is 1.93. The van der Waals surface area contributed by atoms with E-state index in [9.17, 15) is 14.4 Å². The van der Waals surface area contributed by atoms with Crippen molar-refractivity contribution in [3.63, 3.8) is 0 Å². The van der Waals surface area contributed by atoms with Gasteiger partial charge in [0.15, 0.2) is 11.5 Å². The smallest absolute Gasteiger partial charge is 0.331 e. The lowest BCUT2D eigenvalue weighted by molar-refractivity contribution is -0.130. The monoisotopic (exact) mass is 497 g/mol. The number of barbiturate groups is 1. The van der Waals surface area contributed by atoms with Gasteiger partial charge in [0.1, 0.15) is 5.57 Å². The molecule has 184 valence electrons. The van der Waals surface area contributed by atoms with Crippen LogP contribution in [0.15, 0.2) is 42.0 Å². The number of anilines is 1. The molecule has 4 amide bonds. The number of imide groups is 2. The Labute approximate surface area is 209 Å². The van der Waals surface area contributed by atoms with Gasteiger partial charge in [-0.15, -0.1) is 11.6 Å². The summed E-state index contributed by atoms with van der Waals surface area (Å²) in [5.74, 6) is 0.479. The van der Waals surface area contributed by atoms with Crippen molar-refractivity contribution >= 4 is 41.2 Å². The number of urea groups is 1. The number of hydrogen-bond acceptors (Lipinski definition) is 6. The molecule has 1 saturated heterocycles. The molecule has 0 bridgehead atoms. The van der Waals surface area contributed by atoms with E-state index in [0.717, 1.165) is 47.6 Å². The number of rotatable bonds is 9. The van der Waals surface area contributed by atoms with E-state index in [0.29, 0.717) is 23.8 Å². The predicted molar refractivity (Wildman–Crippen MR) is 134 cm³/mol. The van der Waals surface area contributed by atoms with Crippen molar-refractivity contribution in [2.24, 2.45) is 0 Å². The van der Waals surface area contributed by atoms with Crippen LogP contribution in [-0.2, 0) is 22.4 Å². The first-order valence-electron chi connectivity index (χ1n) is 11.5. The standard InChI is InChI=1S/C26H28ClN3O5/c1-34-22-7-5-17(16-23(22)35-2)8-13-30-25(32)20(24(31)28-26(30)33)15-18-4-6-21-19(14-18)9-12-29(21)11-3-10-27/h4-7,14-16H,3,8-13H2,1-2H3,(H,28,31,33)/b20-15+. The van der Waals surface area contributed by atoms with Crippen LogP contribution in [-0.4, -0.2) is 62.5 Å². The zero-order valence-electron chi connectivity index (χ0n) is 19.8. The zero-order valence-corrected chi connectivity index (χ0v) is 20.6. The number of hydrogen-bond donors (Lipinski definition) is 1. The molecule has 8 nitrogen and oxygen atoms in total. The number of nitrogens with one attached hydrogen (secondary N) is 1. The van der Waals surface area contributed by atoms with Gasteiger partial charge in [0, 0.05) is 31.2 Å². The second kappa shape index (κ2) is 10.8. The number of methoxy groups -OCH3 is 2. The maximum absolute atomic E-state index is 13.1. The van der Waals surface area contributed by atoms with Gasteiger partial charge in [-0.25, -0.2) is 4.79 Å². The third-order valence-corrected chi connectivity index (χ3v) is 6.49. The molecule has 0 atom stereocenters. The van der Waals surface area contributed by atoms with Crippen molar-refractivity contribution in [2.45, 2.75) is 19.3 Å². The van der Waals surface area contributed by atoms with Crippen molar-refractivity contribution in [1.29, 1.82) is 0 Å². The summed E-state index contributed by atoms with van der Waals surface area (Å²) in [7, 11) is 3.10. The number of ether oxygens (including phenoxy) is 2. The summed E-state index contributed by atoms with van der Waals surface area (Å²) in [5, 5.41) is 2.28. The fourth-order valence-electron chi connectivity index (χ4n) is 4.40. The van der Waals surface area contributed by atoms with Crippen molar-refractivity contribution in [2.75, 3.05) is 44.6 Å². The Morgan fingerprint density at radius 1 is 1.03 bits per heavy atom. The van der Waals surface area contributed by atoms with Crippen LogP contribution in [0.3, 0.4) is 0 Å². The number of amides is 4. The lowest BCUT2D eigenvalue weighted by Gasteiger charge is -2.26. The molecule has 2 aliphatic rings. The van der Waals surface area contributed by atoms with Crippen LogP contribution in [0.4, 0.5) is 10.5 Å². The highest BCUT2D eigenvalue weighted by Gasteiger charge is 2.35. The number of alkyl halides is 1. The Bertz CT molecular complexity index is 1180. The maximum atomic E-state index is 13.1. The number of carbonyl (C=O) groups excluding carboxylic acids is 3. The third kappa shape index (κ3) is 5.27. The molecular weight excluding hydrogens is 470 g/mol. The fourth-order valence-corrected chi connectivity index (χ4v) is 4.52. The Hall–Kier alpha value is -3.52. The Morgan fingerprint density at radius 3 is 2.57 bits per heavy atom. The van der Waals surface area contributed by atoms with Gasteiger partial charge in [0.05, 0.1) is 14.2 Å². The summed E-state index contributed by atoms with van der Waals surface area (Å²) >= 11 is 5.83. The first-order valence-corrected chi connectivity index (χ1v) is 12.0. The van der Waals surface area contributed by atoms with E-state index in [1.54, 1.807) is 32.4 Å². The number of halogens is 1. The highest BCUT2D eigenvalue weighted by atomic mass is 35.5. The zero-order chi connectivity index (χ0) is 24.9. The number of benzene rings is 2. The van der Waals surface area contributed by atoms with Gasteiger partial charge >= 0.3 is 6.03 Å². The van der Waals surface area contributed by atoms with E-state index in [1.165, 1.54) is 5.56 Å². The van der Waals surface area contributed by atoms with Crippen molar-refractivity contribution in [3.05, 3.63) is 58.7 Å². The first-order chi connectivity index (χ1) is 16.9. The fraction of sp³-hybridized carbons (Fsp3) is 0.346. The highest BCUT2D eigenvalue weighted by molar-refractivity contribution is 6.31. The maximum Gasteiger partial charge on any atom is 0.331 e. The van der Waals surface area contributed by atoms with Gasteiger partial charge < -0.3 is 14.4 Å². The second-order valence-corrected chi connectivity index (χ2v) is 8.76. The largest absolute Gasteiger partial charge is 0.493 e. The second-order valence-electron chi connectivity index (χ2n) is 8.38. The molecule has 0 aromatic heterocycles. The van der Waals surface area contributed by atoms with Crippen LogP contribution in [0, 0.1) is 0 Å². The lowest BCUT2D eigenvalue weighted by atomic mass is 10.0. The van der Waals surface area contributed by atoms with Crippen LogP contribution in [0.5, 0.6) is 11.5 Å². The van der Waals surface area contributed by atoms with Gasteiger partial charge in [-0.2, -0.15) is 0 Å². The van der Waals surface area contributed by atoms with E-state index in [4.69, 9.17) is 21.1 Å². The predicted octanol–water partition coefficient (Wildman–Crippen LogP) is 3.40. The summed E-state index contributed by atoms with van der Waals surface area (Å²) in [6, 6.07) is 10.6. The molecule has 9 heteroatoms. The van der Waals surface area contributed by atoms with Crippen LogP contribution >= 0.6 is 11.6 Å². The molecule has 0 unspecified atom stereocenters. The van der Waals surface area contributed by atoms with E-state index < -0.39 is 17.8 Å². The molecule has 2 heterocycles. The summed E-state index contributed by atoms with van der Waals surface area (Å²) in [6.07, 6.45) is 3.76. The molecule has 1 N–H and O–H groups in total. The molecule has 0 spiro atoms. The SMILES string of the molecule is COc1ccc(CCN2C(=O)NC(=O)/C(=C\c3ccc4c(c3)CCN4CCCCl)C2=O)cc1OC. The van der Waals surface area contributed by atoms with Gasteiger partial charge in [-0.05, 0) is 66.3 Å². The summed E-state index contributed by atoms with van der Waals surface area (Å²) in [4.78, 5) is 41.4. The minimum Gasteiger partial charge on any atom is -0.493 e. The molecule has 2 aromatic carbocycles. The lowest BCUT2D eigenvalue weighted by Crippen LogP contribution is -2.54. The average Bonchev–Trinajstić information content (AvgIpc) is 3.27. The summed E-state index contributed by atoms with van der Waals surface area (Å²) < 4.78 is 10.6. The van der Waals surface area contributed by atoms with E-state index >= 15 is 0 Å². The van der Waals surface area contributed by atoms with Crippen LogP contribution in [0.1, 0.15) is 23.1 Å². The number of fused-ring (bicyclic) bond motifs is 1. The van der Waals surface area contributed by atoms with E-state index in [2.05, 4.69) is 10.2 Å². The third-order valence-electron chi connectivity index (χ3n) is 6.23. The van der Waals surface area contributed by atoms with Crippen molar-refractivity contribution in [1.82, 2.24) is 10.2 Å². The van der Waals surface area contributed by atoms with Gasteiger partial charge in [-0.1, -0.05) is 12.1 Å². The van der Waals surface area contributed by atoms with Crippen molar-refractivity contribution < 1.29 is 23.9 Å². The quantitative estimate of drug-likeness (QED) is 0.324. The van der Waals surface area contributed by atoms with Crippen LogP contribution in [0.2, 0.25) is 0 Å². The number of nitrogens with zero attached hydrogens (tertiary/aromatic N) is 2. The minimum absolute atomic E-state index is 0.0612. The molecule has 0 aliphatic carbocycles. The molecule has 0 radical (unpaired) electrons. The molecule has 0 saturated carbocycles. The topological polar surface area (TPSA) is 88.2 Å². The van der Waals surface area contributed by atoms with Crippen molar-refractivity contribution in [3.8, 4) is 11.5 Å². The van der Waals surface area contributed by atoms with Gasteiger partial charge in [0.2, 0.25) is 0 Å². The minimum atomic E-state index is -0.721. The average molecular weight is 498 g/mol. The molecule has 4 rings (SSSR count). The Morgan fingerprint density at radius 2 is 1.83 bits per heavy atom.